The van der Waals surface area contributed by atoms with E-state index in [0.717, 1.165) is 5.57 Å². The van der Waals surface area contributed by atoms with Crippen molar-refractivity contribution < 1.29 is 4.79 Å². The van der Waals surface area contributed by atoms with Crippen LogP contribution in [0.25, 0.3) is 0 Å². The highest BCUT2D eigenvalue weighted by atomic mass is 16.2. The SMILES string of the molecule is O=C1NCC=C2C=CC=NC12. The van der Waals surface area contributed by atoms with Gasteiger partial charge in [0.1, 0.15) is 0 Å². The van der Waals surface area contributed by atoms with Gasteiger partial charge in [0.25, 0.3) is 0 Å². The van der Waals surface area contributed by atoms with Gasteiger partial charge in [0.05, 0.1) is 0 Å². The molecule has 0 aromatic heterocycles. The standard InChI is InChI=1S/C8H8N2O/c11-8-7-6(3-5-10-8)2-1-4-9-7/h1-4,7H,5H2,(H,10,11). The highest BCUT2D eigenvalue weighted by molar-refractivity contribution is 5.91. The monoisotopic (exact) mass is 148 g/mol. The third-order valence-electron chi connectivity index (χ3n) is 1.79. The summed E-state index contributed by atoms with van der Waals surface area (Å²) in [6.07, 6.45) is 7.42. The Morgan fingerprint density at radius 2 is 2.55 bits per heavy atom. The summed E-state index contributed by atoms with van der Waals surface area (Å²) in [6.45, 7) is 0.629. The van der Waals surface area contributed by atoms with Gasteiger partial charge in [-0.15, -0.1) is 0 Å². The number of dihydropyridines is 1. The first-order valence-corrected chi connectivity index (χ1v) is 3.55. The van der Waals surface area contributed by atoms with Crippen molar-refractivity contribution in [3.63, 3.8) is 0 Å². The Morgan fingerprint density at radius 1 is 1.64 bits per heavy atom. The van der Waals surface area contributed by atoms with Gasteiger partial charge >= 0.3 is 0 Å². The first-order chi connectivity index (χ1) is 5.38. The lowest BCUT2D eigenvalue weighted by atomic mass is 10.0. The van der Waals surface area contributed by atoms with Crippen molar-refractivity contribution in [2.75, 3.05) is 6.54 Å². The topological polar surface area (TPSA) is 41.5 Å². The van der Waals surface area contributed by atoms with E-state index in [9.17, 15) is 4.79 Å². The van der Waals surface area contributed by atoms with E-state index in [-0.39, 0.29) is 11.9 Å². The average Bonchev–Trinajstić information content (AvgIpc) is 2.06. The van der Waals surface area contributed by atoms with Gasteiger partial charge < -0.3 is 5.32 Å². The van der Waals surface area contributed by atoms with Crippen LogP contribution in [0.5, 0.6) is 0 Å². The van der Waals surface area contributed by atoms with Gasteiger partial charge in [-0.3, -0.25) is 9.79 Å². The van der Waals surface area contributed by atoms with E-state index in [0.29, 0.717) is 6.54 Å². The largest absolute Gasteiger partial charge is 0.350 e. The van der Waals surface area contributed by atoms with Crippen LogP contribution in [-0.4, -0.2) is 24.7 Å². The molecule has 1 amide bonds. The third-order valence-corrected chi connectivity index (χ3v) is 1.79. The van der Waals surface area contributed by atoms with Gasteiger partial charge in [-0.2, -0.15) is 0 Å². The van der Waals surface area contributed by atoms with E-state index in [1.165, 1.54) is 0 Å². The summed E-state index contributed by atoms with van der Waals surface area (Å²) in [5.74, 6) is 0.00287. The van der Waals surface area contributed by atoms with Crippen molar-refractivity contribution in [3.8, 4) is 0 Å². The molecular formula is C8H8N2O. The molecule has 2 heterocycles. The minimum atomic E-state index is -0.284. The molecule has 0 aromatic carbocycles. The third kappa shape index (κ3) is 0.981. The number of amides is 1. The fourth-order valence-corrected chi connectivity index (χ4v) is 1.23. The lowest BCUT2D eigenvalue weighted by Crippen LogP contribution is -2.39. The van der Waals surface area contributed by atoms with Crippen molar-refractivity contribution in [1.29, 1.82) is 0 Å². The van der Waals surface area contributed by atoms with Crippen LogP contribution in [0.15, 0.2) is 28.8 Å². The Morgan fingerprint density at radius 3 is 3.36 bits per heavy atom. The lowest BCUT2D eigenvalue weighted by Gasteiger charge is -2.19. The maximum absolute atomic E-state index is 11.1. The average molecular weight is 148 g/mol. The molecule has 3 nitrogen and oxygen atoms in total. The number of aliphatic imine (C=N–C) groups is 1. The molecule has 0 bridgehead atoms. The van der Waals surface area contributed by atoms with E-state index in [1.54, 1.807) is 6.21 Å². The van der Waals surface area contributed by atoms with Gasteiger partial charge in [0.15, 0.2) is 6.04 Å². The van der Waals surface area contributed by atoms with Gasteiger partial charge in [-0.1, -0.05) is 12.2 Å². The van der Waals surface area contributed by atoms with Crippen LogP contribution in [0.1, 0.15) is 0 Å². The number of nitrogens with zero attached hydrogens (tertiary/aromatic N) is 1. The van der Waals surface area contributed by atoms with Crippen LogP contribution in [0.4, 0.5) is 0 Å². The van der Waals surface area contributed by atoms with Crippen molar-refractivity contribution in [1.82, 2.24) is 5.32 Å². The second-order valence-electron chi connectivity index (χ2n) is 2.51. The first kappa shape index (κ1) is 6.34. The molecule has 1 N–H and O–H groups in total. The molecule has 0 aliphatic carbocycles. The van der Waals surface area contributed by atoms with Crippen molar-refractivity contribution in [2.45, 2.75) is 6.04 Å². The minimum absolute atomic E-state index is 0.00287. The van der Waals surface area contributed by atoms with E-state index in [2.05, 4.69) is 10.3 Å². The molecule has 0 radical (unpaired) electrons. The molecule has 2 rings (SSSR count). The number of nitrogens with one attached hydrogen (secondary N) is 1. The van der Waals surface area contributed by atoms with Gasteiger partial charge in [-0.25, -0.2) is 0 Å². The Balaban J connectivity index is 2.36. The maximum atomic E-state index is 11.1. The number of carbonyl (C=O) groups is 1. The van der Waals surface area contributed by atoms with Crippen molar-refractivity contribution in [3.05, 3.63) is 23.8 Å². The van der Waals surface area contributed by atoms with Crippen LogP contribution in [0, 0.1) is 0 Å². The van der Waals surface area contributed by atoms with Gasteiger partial charge in [0, 0.05) is 12.8 Å². The van der Waals surface area contributed by atoms with Gasteiger partial charge in [0.2, 0.25) is 5.91 Å². The van der Waals surface area contributed by atoms with E-state index in [4.69, 9.17) is 0 Å². The molecule has 56 valence electrons. The van der Waals surface area contributed by atoms with Crippen molar-refractivity contribution >= 4 is 12.1 Å². The van der Waals surface area contributed by atoms with Crippen LogP contribution in [-0.2, 0) is 4.79 Å². The Bertz CT molecular complexity index is 276. The molecule has 1 unspecified atom stereocenters. The summed E-state index contributed by atoms with van der Waals surface area (Å²) in [6, 6.07) is -0.284. The summed E-state index contributed by atoms with van der Waals surface area (Å²) in [5.41, 5.74) is 1.01. The molecular weight excluding hydrogens is 140 g/mol. The predicted octanol–water partition coefficient (Wildman–Crippen LogP) is 0.0518. The predicted molar refractivity (Wildman–Crippen MR) is 42.5 cm³/mol. The Labute approximate surface area is 64.5 Å². The molecule has 3 heteroatoms. The highest BCUT2D eigenvalue weighted by Crippen LogP contribution is 2.14. The fourth-order valence-electron chi connectivity index (χ4n) is 1.23. The fraction of sp³-hybridized carbons (Fsp3) is 0.250. The highest BCUT2D eigenvalue weighted by Gasteiger charge is 2.23. The zero-order valence-electron chi connectivity index (χ0n) is 5.95. The number of allylic oxidation sites excluding steroid dienone is 1. The second kappa shape index (κ2) is 2.34. The van der Waals surface area contributed by atoms with E-state index in [1.807, 2.05) is 18.2 Å². The zero-order valence-corrected chi connectivity index (χ0v) is 5.95. The number of carbonyl (C=O) groups excluding carboxylic acids is 1. The van der Waals surface area contributed by atoms with E-state index < -0.39 is 0 Å². The smallest absolute Gasteiger partial charge is 0.249 e. The van der Waals surface area contributed by atoms with Crippen LogP contribution in [0.2, 0.25) is 0 Å². The summed E-state index contributed by atoms with van der Waals surface area (Å²) < 4.78 is 0. The second-order valence-corrected chi connectivity index (χ2v) is 2.51. The quantitative estimate of drug-likeness (QED) is 0.518. The molecule has 11 heavy (non-hydrogen) atoms. The van der Waals surface area contributed by atoms with Crippen molar-refractivity contribution in [2.24, 2.45) is 4.99 Å². The number of hydrogen-bond donors (Lipinski definition) is 1. The summed E-state index contributed by atoms with van der Waals surface area (Å²) in [5, 5.41) is 2.72. The molecule has 2 aliphatic heterocycles. The normalized spacial score (nSPS) is 27.5. The van der Waals surface area contributed by atoms with E-state index >= 15 is 0 Å². The maximum Gasteiger partial charge on any atom is 0.249 e. The summed E-state index contributed by atoms with van der Waals surface area (Å²) in [4.78, 5) is 15.2. The molecule has 0 spiro atoms. The van der Waals surface area contributed by atoms with Crippen LogP contribution in [0.3, 0.4) is 0 Å². The van der Waals surface area contributed by atoms with Crippen LogP contribution >= 0.6 is 0 Å². The van der Waals surface area contributed by atoms with Gasteiger partial charge in [-0.05, 0) is 11.6 Å². The zero-order chi connectivity index (χ0) is 7.68. The molecule has 0 aromatic rings. The molecule has 1 atom stereocenters. The Hall–Kier alpha value is -1.38. The minimum Gasteiger partial charge on any atom is -0.350 e. The number of fused-ring (bicyclic) bond motifs is 1. The molecule has 0 saturated carbocycles. The molecule has 0 fully saturated rings. The summed E-state index contributed by atoms with van der Waals surface area (Å²) >= 11 is 0. The lowest BCUT2D eigenvalue weighted by molar-refractivity contribution is -0.121. The summed E-state index contributed by atoms with van der Waals surface area (Å²) in [7, 11) is 0. The van der Waals surface area contributed by atoms with Crippen LogP contribution < -0.4 is 5.32 Å². The number of hydrogen-bond acceptors (Lipinski definition) is 2. The Kier molecular flexibility index (Phi) is 1.35. The molecule has 2 aliphatic rings. The molecule has 0 saturated heterocycles. The number of rotatable bonds is 0. The first-order valence-electron chi connectivity index (χ1n) is 3.55.